The van der Waals surface area contributed by atoms with E-state index in [1.54, 1.807) is 0 Å². The highest BCUT2D eigenvalue weighted by Crippen LogP contribution is 2.43. The molecule has 1 saturated carbocycles. The lowest BCUT2D eigenvalue weighted by Crippen LogP contribution is -2.57. The van der Waals surface area contributed by atoms with Crippen LogP contribution in [0.3, 0.4) is 0 Å². The summed E-state index contributed by atoms with van der Waals surface area (Å²) in [6.45, 7) is 10.6. The Balaban J connectivity index is 1.59. The number of ether oxygens (including phenoxy) is 1. The molecule has 5 heteroatoms. The summed E-state index contributed by atoms with van der Waals surface area (Å²) in [5.74, 6) is 0.816. The Kier molecular flexibility index (Phi) is 4.76. The molecule has 1 aliphatic carbocycles. The van der Waals surface area contributed by atoms with Crippen LogP contribution < -0.4 is 10.6 Å². The Morgan fingerprint density at radius 3 is 2.91 bits per heavy atom. The number of nitrogens with zero attached hydrogens (tertiary/aromatic N) is 1. The summed E-state index contributed by atoms with van der Waals surface area (Å²) in [5.41, 5.74) is -0.147. The van der Waals surface area contributed by atoms with E-state index in [0.717, 1.165) is 52.4 Å². The number of rotatable bonds is 4. The Morgan fingerprint density at radius 1 is 1.36 bits per heavy atom. The maximum absolute atomic E-state index is 12.9. The molecule has 2 N–H and O–H groups in total. The fourth-order valence-corrected chi connectivity index (χ4v) is 4.44. The lowest BCUT2D eigenvalue weighted by molar-refractivity contribution is -0.134. The normalized spacial score (nSPS) is 33.5. The molecule has 3 rings (SSSR count). The van der Waals surface area contributed by atoms with E-state index in [9.17, 15) is 4.79 Å². The van der Waals surface area contributed by atoms with Crippen LogP contribution in [0.2, 0.25) is 0 Å². The highest BCUT2D eigenvalue weighted by atomic mass is 16.5. The lowest BCUT2D eigenvalue weighted by atomic mass is 9.67. The van der Waals surface area contributed by atoms with E-state index in [4.69, 9.17) is 4.74 Å². The van der Waals surface area contributed by atoms with E-state index in [1.807, 2.05) is 0 Å². The first-order valence-corrected chi connectivity index (χ1v) is 8.86. The fourth-order valence-electron chi connectivity index (χ4n) is 4.44. The number of carbonyl (C=O) groups is 1. The van der Waals surface area contributed by atoms with Gasteiger partial charge in [-0.15, -0.1) is 0 Å². The van der Waals surface area contributed by atoms with Crippen molar-refractivity contribution in [2.45, 2.75) is 45.1 Å². The van der Waals surface area contributed by atoms with Gasteiger partial charge in [-0.3, -0.25) is 9.69 Å². The van der Waals surface area contributed by atoms with Crippen molar-refractivity contribution >= 4 is 5.91 Å². The van der Waals surface area contributed by atoms with Gasteiger partial charge in [0.05, 0.1) is 18.6 Å². The minimum atomic E-state index is -0.140. The Hall–Kier alpha value is -0.650. The molecule has 2 saturated heterocycles. The van der Waals surface area contributed by atoms with E-state index >= 15 is 0 Å². The summed E-state index contributed by atoms with van der Waals surface area (Å²) in [4.78, 5) is 15.4. The van der Waals surface area contributed by atoms with E-state index in [2.05, 4.69) is 29.4 Å². The average molecular weight is 309 g/mol. The molecule has 0 aromatic rings. The number of morpholine rings is 1. The Morgan fingerprint density at radius 2 is 2.14 bits per heavy atom. The topological polar surface area (TPSA) is 53.6 Å². The SMILES string of the molecule is CC(C)(CNC(=O)[C@@]12CCCC[C@H]1CNC2)N1CCOCC1. The summed E-state index contributed by atoms with van der Waals surface area (Å²) in [5, 5.41) is 6.75. The maximum atomic E-state index is 12.9. The number of nitrogens with one attached hydrogen (secondary N) is 2. The van der Waals surface area contributed by atoms with Gasteiger partial charge in [0, 0.05) is 31.7 Å². The summed E-state index contributed by atoms with van der Waals surface area (Å²) in [7, 11) is 0. The second-order valence-electron chi connectivity index (χ2n) is 7.82. The number of hydrogen-bond donors (Lipinski definition) is 2. The van der Waals surface area contributed by atoms with Crippen LogP contribution in [0.1, 0.15) is 39.5 Å². The third-order valence-electron chi connectivity index (χ3n) is 6.04. The van der Waals surface area contributed by atoms with E-state index in [1.165, 1.54) is 19.3 Å². The molecular formula is C17H31N3O2. The van der Waals surface area contributed by atoms with Crippen LogP contribution in [0.5, 0.6) is 0 Å². The number of hydrogen-bond acceptors (Lipinski definition) is 4. The van der Waals surface area contributed by atoms with Gasteiger partial charge in [-0.25, -0.2) is 0 Å². The van der Waals surface area contributed by atoms with Gasteiger partial charge in [-0.2, -0.15) is 0 Å². The van der Waals surface area contributed by atoms with Crippen molar-refractivity contribution in [3.8, 4) is 0 Å². The van der Waals surface area contributed by atoms with Gasteiger partial charge in [0.15, 0.2) is 0 Å². The van der Waals surface area contributed by atoms with Crippen molar-refractivity contribution in [3.05, 3.63) is 0 Å². The molecule has 3 aliphatic rings. The van der Waals surface area contributed by atoms with Gasteiger partial charge in [0.1, 0.15) is 0 Å². The van der Waals surface area contributed by atoms with Crippen molar-refractivity contribution in [2.75, 3.05) is 45.9 Å². The second-order valence-corrected chi connectivity index (χ2v) is 7.82. The van der Waals surface area contributed by atoms with Crippen LogP contribution in [0.4, 0.5) is 0 Å². The fraction of sp³-hybridized carbons (Fsp3) is 0.941. The molecule has 2 heterocycles. The van der Waals surface area contributed by atoms with E-state index in [0.29, 0.717) is 5.92 Å². The molecule has 0 aromatic heterocycles. The summed E-state index contributed by atoms with van der Waals surface area (Å²) in [6.07, 6.45) is 4.72. The second kappa shape index (κ2) is 6.46. The van der Waals surface area contributed by atoms with Crippen molar-refractivity contribution in [3.63, 3.8) is 0 Å². The zero-order valence-electron chi connectivity index (χ0n) is 14.1. The van der Waals surface area contributed by atoms with Gasteiger partial charge in [-0.1, -0.05) is 12.8 Å². The predicted molar refractivity (Wildman–Crippen MR) is 86.7 cm³/mol. The summed E-state index contributed by atoms with van der Waals surface area (Å²) < 4.78 is 5.43. The van der Waals surface area contributed by atoms with Crippen LogP contribution in [-0.2, 0) is 9.53 Å². The zero-order valence-corrected chi connectivity index (χ0v) is 14.1. The first-order chi connectivity index (χ1) is 10.5. The highest BCUT2D eigenvalue weighted by Gasteiger charge is 2.50. The smallest absolute Gasteiger partial charge is 0.227 e. The molecule has 0 unspecified atom stereocenters. The number of carbonyl (C=O) groups excluding carboxylic acids is 1. The molecular weight excluding hydrogens is 278 g/mol. The molecule has 0 spiro atoms. The number of fused-ring (bicyclic) bond motifs is 1. The monoisotopic (exact) mass is 309 g/mol. The molecule has 0 bridgehead atoms. The molecule has 5 nitrogen and oxygen atoms in total. The molecule has 0 radical (unpaired) electrons. The van der Waals surface area contributed by atoms with Crippen LogP contribution in [0.25, 0.3) is 0 Å². The van der Waals surface area contributed by atoms with Crippen molar-refractivity contribution in [2.24, 2.45) is 11.3 Å². The first-order valence-electron chi connectivity index (χ1n) is 8.86. The van der Waals surface area contributed by atoms with Gasteiger partial charge in [0.25, 0.3) is 0 Å². The maximum Gasteiger partial charge on any atom is 0.227 e. The number of amides is 1. The Bertz CT molecular complexity index is 407. The zero-order chi connectivity index (χ0) is 15.6. The van der Waals surface area contributed by atoms with Crippen LogP contribution in [-0.4, -0.2) is 62.3 Å². The van der Waals surface area contributed by atoms with E-state index < -0.39 is 0 Å². The van der Waals surface area contributed by atoms with Crippen molar-refractivity contribution < 1.29 is 9.53 Å². The Labute approximate surface area is 134 Å². The van der Waals surface area contributed by atoms with Gasteiger partial charge in [-0.05, 0) is 39.2 Å². The molecule has 22 heavy (non-hydrogen) atoms. The quantitative estimate of drug-likeness (QED) is 0.813. The minimum Gasteiger partial charge on any atom is -0.379 e. The van der Waals surface area contributed by atoms with Crippen LogP contribution >= 0.6 is 0 Å². The first kappa shape index (κ1) is 16.2. The van der Waals surface area contributed by atoms with Crippen molar-refractivity contribution in [1.29, 1.82) is 0 Å². The third kappa shape index (κ3) is 3.03. The largest absolute Gasteiger partial charge is 0.379 e. The van der Waals surface area contributed by atoms with E-state index in [-0.39, 0.29) is 16.9 Å². The molecule has 2 atom stereocenters. The van der Waals surface area contributed by atoms with Crippen molar-refractivity contribution in [1.82, 2.24) is 15.5 Å². The summed E-state index contributed by atoms with van der Waals surface area (Å²) >= 11 is 0. The third-order valence-corrected chi connectivity index (χ3v) is 6.04. The van der Waals surface area contributed by atoms with Crippen LogP contribution in [0.15, 0.2) is 0 Å². The standard InChI is InChI=1S/C17H31N3O2/c1-16(2,20-7-9-22-10-8-20)12-19-15(21)17-6-4-3-5-14(17)11-18-13-17/h14,18H,3-13H2,1-2H3,(H,19,21)/t14-,17+/m0/s1. The predicted octanol–water partition coefficient (Wildman–Crippen LogP) is 0.993. The molecule has 2 aliphatic heterocycles. The van der Waals surface area contributed by atoms with Gasteiger partial charge in [0.2, 0.25) is 5.91 Å². The van der Waals surface area contributed by atoms with Gasteiger partial charge < -0.3 is 15.4 Å². The molecule has 126 valence electrons. The lowest BCUT2D eigenvalue weighted by Gasteiger charge is -2.42. The molecule has 1 amide bonds. The summed E-state index contributed by atoms with van der Waals surface area (Å²) in [6, 6.07) is 0. The van der Waals surface area contributed by atoms with Gasteiger partial charge >= 0.3 is 0 Å². The minimum absolute atomic E-state index is 0.00766. The van der Waals surface area contributed by atoms with Crippen LogP contribution in [0, 0.1) is 11.3 Å². The molecule has 0 aromatic carbocycles. The highest BCUT2D eigenvalue weighted by molar-refractivity contribution is 5.84. The molecule has 3 fully saturated rings. The average Bonchev–Trinajstić information content (AvgIpc) is 2.99.